The quantitative estimate of drug-likeness (QED) is 0.578. The lowest BCUT2D eigenvalue weighted by Gasteiger charge is -2.19. The molecule has 0 heterocycles. The number of hydrogen-bond acceptors (Lipinski definition) is 4. The number of rotatable bonds is 6. The Hall–Kier alpha value is -0.680. The fraction of sp³-hybridized carbons (Fsp3) is 0.500. The lowest BCUT2D eigenvalue weighted by atomic mass is 10.2. The van der Waals surface area contributed by atoms with Gasteiger partial charge in [0.2, 0.25) is 0 Å². The number of thioether (sulfide) groups is 1. The van der Waals surface area contributed by atoms with Gasteiger partial charge in [-0.1, -0.05) is 22.0 Å². The van der Waals surface area contributed by atoms with Gasteiger partial charge >= 0.3 is 5.97 Å². The molecule has 0 aromatic heterocycles. The topological polar surface area (TPSA) is 35.5 Å². The smallest absolute Gasteiger partial charge is 0.316 e. The van der Waals surface area contributed by atoms with Gasteiger partial charge < -0.3 is 9.47 Å². The van der Waals surface area contributed by atoms with Gasteiger partial charge in [0.25, 0.3) is 0 Å². The van der Waals surface area contributed by atoms with E-state index in [1.165, 1.54) is 11.8 Å². The van der Waals surface area contributed by atoms with E-state index in [-0.39, 0.29) is 5.97 Å². The second-order valence-corrected chi connectivity index (χ2v) is 6.97. The monoisotopic (exact) mass is 346 g/mol. The molecule has 0 bridgehead atoms. The molecule has 0 radical (unpaired) electrons. The second kappa shape index (κ2) is 7.80. The predicted octanol–water partition coefficient (Wildman–Crippen LogP) is 3.90. The van der Waals surface area contributed by atoms with Crippen LogP contribution in [0.2, 0.25) is 0 Å². The van der Waals surface area contributed by atoms with Gasteiger partial charge in [-0.2, -0.15) is 0 Å². The van der Waals surface area contributed by atoms with Crippen LogP contribution in [0.25, 0.3) is 0 Å². The summed E-state index contributed by atoms with van der Waals surface area (Å²) < 4.78 is 11.8. The number of ether oxygens (including phenoxy) is 2. The molecule has 0 atom stereocenters. The van der Waals surface area contributed by atoms with Gasteiger partial charge in [-0.25, -0.2) is 0 Å². The minimum absolute atomic E-state index is 0.181. The van der Waals surface area contributed by atoms with Crippen LogP contribution in [0, 0.1) is 0 Å². The number of hydrogen-bond donors (Lipinski definition) is 0. The predicted molar refractivity (Wildman–Crippen MR) is 82.8 cm³/mol. The number of halogens is 1. The molecular weight excluding hydrogens is 328 g/mol. The lowest BCUT2D eigenvalue weighted by Crippen LogP contribution is -2.25. The molecule has 0 fully saturated rings. The van der Waals surface area contributed by atoms with Crippen molar-refractivity contribution in [3.05, 3.63) is 28.7 Å². The third-order valence-corrected chi connectivity index (χ3v) is 3.32. The van der Waals surface area contributed by atoms with E-state index in [2.05, 4.69) is 15.9 Å². The van der Waals surface area contributed by atoms with Crippen LogP contribution >= 0.6 is 27.7 Å². The summed E-state index contributed by atoms with van der Waals surface area (Å²) in [7, 11) is 0. The number of carbonyl (C=O) groups is 1. The summed E-state index contributed by atoms with van der Waals surface area (Å²) in [4.78, 5) is 11.4. The second-order valence-electron chi connectivity index (χ2n) is 4.94. The molecule has 1 rings (SSSR count). The summed E-state index contributed by atoms with van der Waals surface area (Å²) in [5, 5.41) is 0. The van der Waals surface area contributed by atoms with Crippen LogP contribution in [-0.4, -0.2) is 29.7 Å². The van der Waals surface area contributed by atoms with Crippen molar-refractivity contribution in [3.63, 3.8) is 0 Å². The molecule has 0 aliphatic carbocycles. The van der Waals surface area contributed by atoms with E-state index < -0.39 is 5.60 Å². The first-order chi connectivity index (χ1) is 8.87. The normalized spacial score (nSPS) is 11.2. The Labute approximate surface area is 127 Å². The zero-order valence-corrected chi connectivity index (χ0v) is 13.8. The molecule has 0 N–H and O–H groups in total. The molecule has 19 heavy (non-hydrogen) atoms. The standard InChI is InChI=1S/C14H19BrO3S/c1-14(2,3)18-13(16)10-19-8-7-17-12-6-4-5-11(15)9-12/h4-6,9H,7-8,10H2,1-3H3. The number of esters is 1. The van der Waals surface area contributed by atoms with Crippen molar-refractivity contribution in [2.45, 2.75) is 26.4 Å². The molecular formula is C14H19BrO3S. The minimum atomic E-state index is -0.412. The molecule has 0 unspecified atom stereocenters. The van der Waals surface area contributed by atoms with Gasteiger partial charge in [-0.15, -0.1) is 11.8 Å². The maximum Gasteiger partial charge on any atom is 0.316 e. The van der Waals surface area contributed by atoms with E-state index in [9.17, 15) is 4.79 Å². The number of benzene rings is 1. The summed E-state index contributed by atoms with van der Waals surface area (Å²) in [6.45, 7) is 6.17. The fourth-order valence-corrected chi connectivity index (χ4v) is 2.25. The fourth-order valence-electron chi connectivity index (χ4n) is 1.30. The Morgan fingerprint density at radius 1 is 1.37 bits per heavy atom. The van der Waals surface area contributed by atoms with E-state index >= 15 is 0 Å². The van der Waals surface area contributed by atoms with Crippen molar-refractivity contribution in [2.24, 2.45) is 0 Å². The van der Waals surface area contributed by atoms with Gasteiger partial charge in [-0.3, -0.25) is 4.79 Å². The van der Waals surface area contributed by atoms with E-state index in [1.807, 2.05) is 45.0 Å². The first-order valence-corrected chi connectivity index (χ1v) is 7.99. The van der Waals surface area contributed by atoms with E-state index in [1.54, 1.807) is 0 Å². The third-order valence-electron chi connectivity index (χ3n) is 1.93. The van der Waals surface area contributed by atoms with Crippen molar-refractivity contribution < 1.29 is 14.3 Å². The van der Waals surface area contributed by atoms with Gasteiger partial charge in [-0.05, 0) is 39.0 Å². The van der Waals surface area contributed by atoms with Gasteiger partial charge in [0.05, 0.1) is 12.4 Å². The summed E-state index contributed by atoms with van der Waals surface area (Å²) in [5.74, 6) is 1.76. The Bertz CT molecular complexity index is 415. The first-order valence-electron chi connectivity index (χ1n) is 6.05. The molecule has 5 heteroatoms. The van der Waals surface area contributed by atoms with Crippen LogP contribution in [0.5, 0.6) is 5.75 Å². The van der Waals surface area contributed by atoms with Gasteiger partial charge in [0.15, 0.2) is 0 Å². The van der Waals surface area contributed by atoms with Crippen LogP contribution in [0.15, 0.2) is 28.7 Å². The highest BCUT2D eigenvalue weighted by Crippen LogP contribution is 2.18. The maximum absolute atomic E-state index is 11.4. The molecule has 3 nitrogen and oxygen atoms in total. The Morgan fingerprint density at radius 2 is 2.11 bits per heavy atom. The van der Waals surface area contributed by atoms with Crippen LogP contribution in [-0.2, 0) is 9.53 Å². The Morgan fingerprint density at radius 3 is 2.74 bits per heavy atom. The van der Waals surface area contributed by atoms with Crippen molar-refractivity contribution in [1.29, 1.82) is 0 Å². The molecule has 0 aliphatic heterocycles. The molecule has 106 valence electrons. The average Bonchev–Trinajstić information content (AvgIpc) is 2.26. The van der Waals surface area contributed by atoms with Crippen molar-refractivity contribution in [1.82, 2.24) is 0 Å². The summed E-state index contributed by atoms with van der Waals surface area (Å²) in [6, 6.07) is 7.69. The van der Waals surface area contributed by atoms with E-state index in [0.717, 1.165) is 16.0 Å². The highest BCUT2D eigenvalue weighted by molar-refractivity contribution is 9.10. The van der Waals surface area contributed by atoms with Crippen LogP contribution in [0.4, 0.5) is 0 Å². The minimum Gasteiger partial charge on any atom is -0.493 e. The largest absolute Gasteiger partial charge is 0.493 e. The molecule has 0 amide bonds. The zero-order chi connectivity index (χ0) is 14.3. The van der Waals surface area contributed by atoms with Crippen molar-refractivity contribution >= 4 is 33.7 Å². The lowest BCUT2D eigenvalue weighted by molar-refractivity contribution is -0.151. The van der Waals surface area contributed by atoms with Crippen LogP contribution < -0.4 is 4.74 Å². The highest BCUT2D eigenvalue weighted by Gasteiger charge is 2.15. The first kappa shape index (κ1) is 16.4. The van der Waals surface area contributed by atoms with E-state index in [4.69, 9.17) is 9.47 Å². The van der Waals surface area contributed by atoms with E-state index in [0.29, 0.717) is 12.4 Å². The number of carbonyl (C=O) groups excluding carboxylic acids is 1. The molecule has 1 aromatic rings. The summed E-state index contributed by atoms with van der Waals surface area (Å²) in [6.07, 6.45) is 0. The van der Waals surface area contributed by atoms with Gasteiger partial charge in [0, 0.05) is 10.2 Å². The molecule has 0 saturated heterocycles. The highest BCUT2D eigenvalue weighted by atomic mass is 79.9. The average molecular weight is 347 g/mol. The van der Waals surface area contributed by atoms with Crippen LogP contribution in [0.1, 0.15) is 20.8 Å². The van der Waals surface area contributed by atoms with Gasteiger partial charge in [0.1, 0.15) is 11.4 Å². The third kappa shape index (κ3) is 8.16. The SMILES string of the molecule is CC(C)(C)OC(=O)CSCCOc1cccc(Br)c1. The summed E-state index contributed by atoms with van der Waals surface area (Å²) >= 11 is 4.90. The summed E-state index contributed by atoms with van der Waals surface area (Å²) in [5.41, 5.74) is -0.412. The van der Waals surface area contributed by atoms with Crippen molar-refractivity contribution in [3.8, 4) is 5.75 Å². The molecule has 0 spiro atoms. The zero-order valence-electron chi connectivity index (χ0n) is 11.4. The van der Waals surface area contributed by atoms with Crippen LogP contribution in [0.3, 0.4) is 0 Å². The maximum atomic E-state index is 11.4. The Kier molecular flexibility index (Phi) is 6.72. The molecule has 0 aliphatic rings. The molecule has 1 aromatic carbocycles. The Balaban J connectivity index is 2.13. The molecule has 0 saturated carbocycles. The van der Waals surface area contributed by atoms with Crippen molar-refractivity contribution in [2.75, 3.05) is 18.1 Å².